The van der Waals surface area contributed by atoms with Crippen LogP contribution in [-0.4, -0.2) is 18.6 Å². The summed E-state index contributed by atoms with van der Waals surface area (Å²) in [6.07, 6.45) is -0.669. The van der Waals surface area contributed by atoms with Crippen molar-refractivity contribution >= 4 is 37.8 Å². The minimum Gasteiger partial charge on any atom is -0.479 e. The number of rotatable bonds is 6. The van der Waals surface area contributed by atoms with Gasteiger partial charge in [-0.25, -0.2) is 0 Å². The lowest BCUT2D eigenvalue weighted by atomic mass is 10.2. The Bertz CT molecular complexity index is 415. The second kappa shape index (κ2) is 7.11. The van der Waals surface area contributed by atoms with Gasteiger partial charge in [0.1, 0.15) is 5.75 Å². The predicted octanol–water partition coefficient (Wildman–Crippen LogP) is 2.57. The van der Waals surface area contributed by atoms with E-state index in [1.54, 1.807) is 6.92 Å². The Hall–Kier alpha value is -0.590. The predicted molar refractivity (Wildman–Crippen MR) is 78.5 cm³/mol. The van der Waals surface area contributed by atoms with Gasteiger partial charge in [-0.15, -0.1) is 0 Å². The first-order valence-corrected chi connectivity index (χ1v) is 7.19. The summed E-state index contributed by atoms with van der Waals surface area (Å²) in [5.74, 6) is 0.0899. The molecule has 0 spiro atoms. The third-order valence-corrected chi connectivity index (χ3v) is 3.51. The van der Waals surface area contributed by atoms with Gasteiger partial charge in [0.2, 0.25) is 0 Å². The number of nitrogens with two attached hydrogens (primary N) is 1. The van der Waals surface area contributed by atoms with Crippen LogP contribution < -0.4 is 15.8 Å². The van der Waals surface area contributed by atoms with Crippen LogP contribution in [0.2, 0.25) is 0 Å². The number of ether oxygens (including phenoxy) is 1. The molecule has 4 nitrogen and oxygen atoms in total. The lowest BCUT2D eigenvalue weighted by Gasteiger charge is -2.15. The number of halogens is 2. The van der Waals surface area contributed by atoms with Gasteiger partial charge in [-0.05, 0) is 63.0 Å². The summed E-state index contributed by atoms with van der Waals surface area (Å²) in [5, 5.41) is 3.24. The molecule has 0 fully saturated rings. The highest BCUT2D eigenvalue weighted by molar-refractivity contribution is 9.11. The Balaban J connectivity index is 2.90. The van der Waals surface area contributed by atoms with Crippen molar-refractivity contribution in [2.24, 2.45) is 5.73 Å². The summed E-state index contributed by atoms with van der Waals surface area (Å²) >= 11 is 6.87. The maximum atomic E-state index is 11.0. The summed E-state index contributed by atoms with van der Waals surface area (Å²) in [4.78, 5) is 11.0. The molecule has 100 valence electrons. The SMILES string of the molecule is CCNCc1cc(Br)c(OC(C)C(N)=O)c(Br)c1. The molecule has 0 radical (unpaired) electrons. The van der Waals surface area contributed by atoms with Crippen LogP contribution in [0.4, 0.5) is 0 Å². The van der Waals surface area contributed by atoms with Crippen LogP contribution in [0.5, 0.6) is 5.75 Å². The Labute approximate surface area is 124 Å². The highest BCUT2D eigenvalue weighted by Gasteiger charge is 2.15. The zero-order valence-corrected chi connectivity index (χ0v) is 13.5. The van der Waals surface area contributed by atoms with E-state index in [9.17, 15) is 4.79 Å². The van der Waals surface area contributed by atoms with E-state index < -0.39 is 12.0 Å². The van der Waals surface area contributed by atoms with Crippen molar-refractivity contribution < 1.29 is 9.53 Å². The first-order valence-electron chi connectivity index (χ1n) is 5.60. The van der Waals surface area contributed by atoms with Crippen molar-refractivity contribution in [3.63, 3.8) is 0 Å². The van der Waals surface area contributed by atoms with Crippen LogP contribution in [0.25, 0.3) is 0 Å². The highest BCUT2D eigenvalue weighted by atomic mass is 79.9. The molecule has 0 aliphatic carbocycles. The standard InChI is InChI=1S/C12H16Br2N2O2/c1-3-16-6-8-4-9(13)11(10(14)5-8)18-7(2)12(15)17/h4-5,7,16H,3,6H2,1-2H3,(H2,15,17). The number of carbonyl (C=O) groups excluding carboxylic acids is 1. The molecule has 1 amide bonds. The lowest BCUT2D eigenvalue weighted by Crippen LogP contribution is -2.30. The first-order chi connectivity index (χ1) is 8.45. The average molecular weight is 380 g/mol. The quantitative estimate of drug-likeness (QED) is 0.798. The zero-order valence-electron chi connectivity index (χ0n) is 10.3. The van der Waals surface area contributed by atoms with Crippen molar-refractivity contribution in [1.29, 1.82) is 0 Å². The van der Waals surface area contributed by atoms with E-state index in [0.29, 0.717) is 5.75 Å². The molecule has 3 N–H and O–H groups in total. The fourth-order valence-electron chi connectivity index (χ4n) is 1.33. The third-order valence-electron chi connectivity index (χ3n) is 2.33. The molecule has 0 aliphatic heterocycles. The van der Waals surface area contributed by atoms with E-state index in [0.717, 1.165) is 27.6 Å². The van der Waals surface area contributed by atoms with Crippen LogP contribution in [0.3, 0.4) is 0 Å². The van der Waals surface area contributed by atoms with Gasteiger partial charge < -0.3 is 15.8 Å². The Morgan fingerprint density at radius 2 is 2.00 bits per heavy atom. The number of nitrogens with one attached hydrogen (secondary N) is 1. The first kappa shape index (κ1) is 15.5. The van der Waals surface area contributed by atoms with Gasteiger partial charge in [0.05, 0.1) is 8.95 Å². The Kier molecular flexibility index (Phi) is 6.11. The van der Waals surface area contributed by atoms with E-state index in [2.05, 4.69) is 44.1 Å². The molecule has 1 aromatic carbocycles. The molecule has 0 saturated carbocycles. The summed E-state index contributed by atoms with van der Waals surface area (Å²) in [7, 11) is 0. The second-order valence-electron chi connectivity index (χ2n) is 3.83. The van der Waals surface area contributed by atoms with Crippen molar-refractivity contribution in [3.05, 3.63) is 26.6 Å². The normalized spacial score (nSPS) is 12.2. The van der Waals surface area contributed by atoms with E-state index in [4.69, 9.17) is 10.5 Å². The molecule has 0 aliphatic rings. The number of carbonyl (C=O) groups is 1. The van der Waals surface area contributed by atoms with Crippen molar-refractivity contribution in [2.45, 2.75) is 26.5 Å². The van der Waals surface area contributed by atoms with Gasteiger partial charge in [-0.1, -0.05) is 6.92 Å². The van der Waals surface area contributed by atoms with E-state index >= 15 is 0 Å². The minimum atomic E-state index is -0.669. The maximum Gasteiger partial charge on any atom is 0.258 e. The summed E-state index contributed by atoms with van der Waals surface area (Å²) in [5.41, 5.74) is 6.30. The topological polar surface area (TPSA) is 64.3 Å². The molecular weight excluding hydrogens is 364 g/mol. The second-order valence-corrected chi connectivity index (χ2v) is 5.54. The molecular formula is C12H16Br2N2O2. The van der Waals surface area contributed by atoms with Crippen molar-refractivity contribution in [2.75, 3.05) is 6.54 Å². The number of hydrogen-bond acceptors (Lipinski definition) is 3. The maximum absolute atomic E-state index is 11.0. The largest absolute Gasteiger partial charge is 0.479 e. The minimum absolute atomic E-state index is 0.495. The molecule has 0 aromatic heterocycles. The smallest absolute Gasteiger partial charge is 0.258 e. The third kappa shape index (κ3) is 4.26. The van der Waals surface area contributed by atoms with Crippen LogP contribution in [0.1, 0.15) is 19.4 Å². The van der Waals surface area contributed by atoms with Crippen LogP contribution in [-0.2, 0) is 11.3 Å². The number of primary amides is 1. The Morgan fingerprint density at radius 3 is 2.44 bits per heavy atom. The van der Waals surface area contributed by atoms with Crippen LogP contribution in [0, 0.1) is 0 Å². The molecule has 6 heteroatoms. The molecule has 1 unspecified atom stereocenters. The molecule has 1 atom stereocenters. The summed E-state index contributed by atoms with van der Waals surface area (Å²) in [6.45, 7) is 5.36. The van der Waals surface area contributed by atoms with Gasteiger partial charge in [0.25, 0.3) is 5.91 Å². The van der Waals surface area contributed by atoms with Crippen LogP contribution >= 0.6 is 31.9 Å². The van der Waals surface area contributed by atoms with E-state index in [1.807, 2.05) is 12.1 Å². The van der Waals surface area contributed by atoms with Crippen LogP contribution in [0.15, 0.2) is 21.1 Å². The van der Waals surface area contributed by atoms with E-state index in [-0.39, 0.29) is 0 Å². The molecule has 0 saturated heterocycles. The van der Waals surface area contributed by atoms with Gasteiger partial charge in [0, 0.05) is 6.54 Å². The fourth-order valence-corrected chi connectivity index (χ4v) is 2.80. The number of benzene rings is 1. The molecule has 0 heterocycles. The summed E-state index contributed by atoms with van der Waals surface area (Å²) < 4.78 is 7.09. The number of amides is 1. The highest BCUT2D eigenvalue weighted by Crippen LogP contribution is 2.35. The van der Waals surface area contributed by atoms with Gasteiger partial charge in [-0.2, -0.15) is 0 Å². The summed E-state index contributed by atoms with van der Waals surface area (Å²) in [6, 6.07) is 3.91. The molecule has 18 heavy (non-hydrogen) atoms. The van der Waals surface area contributed by atoms with E-state index in [1.165, 1.54) is 0 Å². The molecule has 0 bridgehead atoms. The lowest BCUT2D eigenvalue weighted by molar-refractivity contribution is -0.124. The monoisotopic (exact) mass is 378 g/mol. The van der Waals surface area contributed by atoms with Gasteiger partial charge >= 0.3 is 0 Å². The van der Waals surface area contributed by atoms with Crippen molar-refractivity contribution in [3.8, 4) is 5.75 Å². The Morgan fingerprint density at radius 1 is 1.44 bits per heavy atom. The van der Waals surface area contributed by atoms with Gasteiger partial charge in [-0.3, -0.25) is 4.79 Å². The fraction of sp³-hybridized carbons (Fsp3) is 0.417. The average Bonchev–Trinajstić information content (AvgIpc) is 2.30. The van der Waals surface area contributed by atoms with Crippen molar-refractivity contribution in [1.82, 2.24) is 5.32 Å². The molecule has 1 rings (SSSR count). The van der Waals surface area contributed by atoms with Gasteiger partial charge in [0.15, 0.2) is 6.10 Å². The number of hydrogen-bond donors (Lipinski definition) is 2. The zero-order chi connectivity index (χ0) is 13.7. The molecule has 1 aromatic rings.